The third kappa shape index (κ3) is 7.28. The third-order valence-corrected chi connectivity index (χ3v) is 13.3. The minimum atomic E-state index is -1.87. The Morgan fingerprint density at radius 3 is 2.53 bits per heavy atom. The lowest BCUT2D eigenvalue weighted by Gasteiger charge is -2.38. The lowest BCUT2D eigenvalue weighted by molar-refractivity contribution is -0.198. The number of fused-ring (bicyclic) bond motifs is 1. The quantitative estimate of drug-likeness (QED) is 0.352. The van der Waals surface area contributed by atoms with Crippen molar-refractivity contribution in [1.82, 2.24) is 0 Å². The number of carboxylic acids is 1. The summed E-state index contributed by atoms with van der Waals surface area (Å²) in [6, 6.07) is 0. The van der Waals surface area contributed by atoms with Crippen LogP contribution in [0.1, 0.15) is 91.9 Å². The Morgan fingerprint density at radius 1 is 1.15 bits per heavy atom. The topological polar surface area (TPSA) is 74.2 Å². The highest BCUT2D eigenvalue weighted by molar-refractivity contribution is 6.74. The van der Waals surface area contributed by atoms with Gasteiger partial charge < -0.3 is 23.7 Å². The molecule has 3 rings (SSSR count). The zero-order valence-corrected chi connectivity index (χ0v) is 23.5. The van der Waals surface area contributed by atoms with Gasteiger partial charge in [0.25, 0.3) is 0 Å². The monoisotopic (exact) mass is 498 g/mol. The van der Waals surface area contributed by atoms with Crippen molar-refractivity contribution in [3.8, 4) is 0 Å². The van der Waals surface area contributed by atoms with Gasteiger partial charge in [-0.15, -0.1) is 0 Å². The van der Waals surface area contributed by atoms with E-state index in [9.17, 15) is 9.90 Å². The molecule has 2 unspecified atom stereocenters. The Labute approximate surface area is 208 Å². The molecule has 2 heterocycles. The lowest BCUT2D eigenvalue weighted by atomic mass is 9.89. The van der Waals surface area contributed by atoms with Gasteiger partial charge in [-0.2, -0.15) is 0 Å². The van der Waals surface area contributed by atoms with E-state index in [1.54, 1.807) is 0 Å². The largest absolute Gasteiger partial charge is 0.481 e. The number of carboxylic acid groups (broad SMARTS) is 1. The van der Waals surface area contributed by atoms with Crippen molar-refractivity contribution in [3.05, 3.63) is 0 Å². The molecule has 7 atom stereocenters. The number of aliphatic carboxylic acids is 1. The van der Waals surface area contributed by atoms with Gasteiger partial charge in [0, 0.05) is 25.6 Å². The van der Waals surface area contributed by atoms with Crippen LogP contribution >= 0.6 is 0 Å². The van der Waals surface area contributed by atoms with Crippen molar-refractivity contribution < 1.29 is 28.5 Å². The van der Waals surface area contributed by atoms with Gasteiger partial charge in [0.15, 0.2) is 14.6 Å². The molecule has 34 heavy (non-hydrogen) atoms. The predicted molar refractivity (Wildman–Crippen MR) is 136 cm³/mol. The summed E-state index contributed by atoms with van der Waals surface area (Å²) in [6.45, 7) is 15.1. The molecule has 0 spiro atoms. The predicted octanol–water partition coefficient (Wildman–Crippen LogP) is 6.38. The molecular formula is C27H50O6Si. The summed E-state index contributed by atoms with van der Waals surface area (Å²) in [4.78, 5) is 11.8. The van der Waals surface area contributed by atoms with Crippen LogP contribution in [0.3, 0.4) is 0 Å². The van der Waals surface area contributed by atoms with Crippen LogP contribution in [0.2, 0.25) is 18.1 Å². The van der Waals surface area contributed by atoms with Gasteiger partial charge in [0.05, 0.1) is 24.2 Å². The molecular weight excluding hydrogens is 448 g/mol. The fraction of sp³-hybridized carbons (Fsp3) is 0.963. The van der Waals surface area contributed by atoms with Gasteiger partial charge >= 0.3 is 5.97 Å². The summed E-state index contributed by atoms with van der Waals surface area (Å²) >= 11 is 0. The van der Waals surface area contributed by atoms with E-state index >= 15 is 0 Å². The van der Waals surface area contributed by atoms with Crippen LogP contribution in [-0.4, -0.2) is 57.2 Å². The molecule has 6 nitrogen and oxygen atoms in total. The average molecular weight is 499 g/mol. The van der Waals surface area contributed by atoms with E-state index in [4.69, 9.17) is 18.6 Å². The molecule has 2 aliphatic heterocycles. The molecule has 0 amide bonds. The number of rotatable bonds is 10. The second-order valence-corrected chi connectivity index (χ2v) is 17.2. The summed E-state index contributed by atoms with van der Waals surface area (Å²) in [6.07, 6.45) is 9.54. The number of hydrogen-bond acceptors (Lipinski definition) is 5. The maximum absolute atomic E-state index is 11.8. The smallest absolute Gasteiger partial charge is 0.306 e. The van der Waals surface area contributed by atoms with Crippen LogP contribution in [-0.2, 0) is 23.4 Å². The fourth-order valence-corrected chi connectivity index (χ4v) is 6.73. The van der Waals surface area contributed by atoms with Crippen LogP contribution in [0.25, 0.3) is 0 Å². The molecule has 0 aromatic heterocycles. The third-order valence-electron chi connectivity index (χ3n) is 8.84. The lowest BCUT2D eigenvalue weighted by Crippen LogP contribution is -2.44. The molecule has 3 aliphatic rings. The molecule has 1 aliphatic carbocycles. The van der Waals surface area contributed by atoms with Gasteiger partial charge in [-0.1, -0.05) is 40.5 Å². The van der Waals surface area contributed by atoms with E-state index in [0.29, 0.717) is 18.3 Å². The van der Waals surface area contributed by atoms with E-state index in [0.717, 1.165) is 71.0 Å². The molecule has 2 saturated heterocycles. The number of ether oxygens (including phenoxy) is 3. The second-order valence-electron chi connectivity index (χ2n) is 12.4. The van der Waals surface area contributed by atoms with Crippen LogP contribution < -0.4 is 0 Å². The Kier molecular flexibility index (Phi) is 10.1. The molecule has 3 fully saturated rings. The molecule has 0 radical (unpaired) electrons. The van der Waals surface area contributed by atoms with Crippen molar-refractivity contribution in [2.75, 3.05) is 13.2 Å². The minimum absolute atomic E-state index is 0.0225. The van der Waals surface area contributed by atoms with Crippen LogP contribution in [0.4, 0.5) is 0 Å². The van der Waals surface area contributed by atoms with Gasteiger partial charge in [-0.3, -0.25) is 4.79 Å². The summed E-state index contributed by atoms with van der Waals surface area (Å²) in [7, 11) is -1.87. The molecule has 0 aromatic carbocycles. The van der Waals surface area contributed by atoms with Crippen LogP contribution in [0.15, 0.2) is 0 Å². The van der Waals surface area contributed by atoms with E-state index in [1.165, 1.54) is 0 Å². The number of carbonyl (C=O) groups is 1. The van der Waals surface area contributed by atoms with Gasteiger partial charge in [-0.25, -0.2) is 0 Å². The number of hydrogen-bond donors (Lipinski definition) is 1. The highest BCUT2D eigenvalue weighted by atomic mass is 28.4. The zero-order valence-electron chi connectivity index (χ0n) is 22.5. The summed E-state index contributed by atoms with van der Waals surface area (Å²) < 4.78 is 25.9. The molecule has 1 saturated carbocycles. The average Bonchev–Trinajstić information content (AvgIpc) is 2.94. The summed E-state index contributed by atoms with van der Waals surface area (Å²) in [5.41, 5.74) is 0. The van der Waals surface area contributed by atoms with E-state index in [1.807, 2.05) is 0 Å². The molecule has 0 bridgehead atoms. The van der Waals surface area contributed by atoms with Gasteiger partial charge in [-0.05, 0) is 69.0 Å². The highest BCUT2D eigenvalue weighted by Gasteiger charge is 2.49. The van der Waals surface area contributed by atoms with Crippen LogP contribution in [0.5, 0.6) is 0 Å². The van der Waals surface area contributed by atoms with Crippen molar-refractivity contribution >= 4 is 14.3 Å². The Balaban J connectivity index is 1.71. The summed E-state index contributed by atoms with van der Waals surface area (Å²) in [5, 5.41) is 9.84. The van der Waals surface area contributed by atoms with Crippen molar-refractivity contribution in [2.45, 2.75) is 135 Å². The summed E-state index contributed by atoms with van der Waals surface area (Å²) in [5.74, 6) is -0.297. The Hall–Kier alpha value is -0.473. The molecule has 1 N–H and O–H groups in total. The maximum atomic E-state index is 11.8. The molecule has 7 heteroatoms. The van der Waals surface area contributed by atoms with Crippen molar-refractivity contribution in [2.24, 2.45) is 17.8 Å². The second kappa shape index (κ2) is 12.2. The van der Waals surface area contributed by atoms with E-state index in [-0.39, 0.29) is 35.6 Å². The Morgan fingerprint density at radius 2 is 1.91 bits per heavy atom. The zero-order chi connectivity index (χ0) is 24.9. The first kappa shape index (κ1) is 28.1. The minimum Gasteiger partial charge on any atom is -0.481 e. The SMILES string of the molecule is CCCC(C[C@H]1CCC[C@@H]2[C@@H](CO[Si](C)(C)C(C)(C)C)[C@H](OC3CCCCO3)C[C@@H]2O1)C(=O)O. The van der Waals surface area contributed by atoms with Crippen molar-refractivity contribution in [1.29, 1.82) is 0 Å². The normalized spacial score (nSPS) is 33.8. The first-order chi connectivity index (χ1) is 16.0. The highest BCUT2D eigenvalue weighted by Crippen LogP contribution is 2.45. The van der Waals surface area contributed by atoms with E-state index < -0.39 is 14.3 Å². The molecule has 198 valence electrons. The molecule has 0 aromatic rings. The fourth-order valence-electron chi connectivity index (χ4n) is 5.69. The first-order valence-electron chi connectivity index (χ1n) is 13.8. The first-order valence-corrected chi connectivity index (χ1v) is 16.7. The van der Waals surface area contributed by atoms with E-state index in [2.05, 4.69) is 40.8 Å². The van der Waals surface area contributed by atoms with Crippen LogP contribution in [0, 0.1) is 17.8 Å². The maximum Gasteiger partial charge on any atom is 0.306 e. The van der Waals surface area contributed by atoms with Crippen molar-refractivity contribution in [3.63, 3.8) is 0 Å². The standard InChI is InChI=1S/C27H50O6Si/c1-7-11-19(26(28)29)16-20-12-10-13-21-22(18-31-34(5,6)27(2,3)4)24(17-23(21)32-20)33-25-14-8-9-15-30-25/h19-25H,7-18H2,1-6H3,(H,28,29)/t19?,20-,21-,22-,23+,24-,25?/m1/s1. The Bertz CT molecular complexity index is 642. The van der Waals surface area contributed by atoms with Gasteiger partial charge in [0.2, 0.25) is 0 Å². The van der Waals surface area contributed by atoms with Gasteiger partial charge in [0.1, 0.15) is 0 Å².